The van der Waals surface area contributed by atoms with Crippen LogP contribution in [-0.2, 0) is 11.2 Å². The van der Waals surface area contributed by atoms with Gasteiger partial charge in [0.15, 0.2) is 0 Å². The van der Waals surface area contributed by atoms with Crippen LogP contribution in [0.2, 0.25) is 0 Å². The van der Waals surface area contributed by atoms with Crippen LogP contribution < -0.4 is 10.1 Å². The number of ether oxygens (including phenoxy) is 2. The molecule has 1 fully saturated rings. The quantitative estimate of drug-likeness (QED) is 0.845. The lowest BCUT2D eigenvalue weighted by molar-refractivity contribution is -0.0260. The summed E-state index contributed by atoms with van der Waals surface area (Å²) in [6.45, 7) is 1.35. The Balaban J connectivity index is 1.54. The monoisotopic (exact) mass is 341 g/mol. The zero-order chi connectivity index (χ0) is 17.5. The largest absolute Gasteiger partial charge is 0.493 e. The van der Waals surface area contributed by atoms with E-state index in [1.165, 1.54) is 5.56 Å². The van der Waals surface area contributed by atoms with Crippen LogP contribution in [0.25, 0.3) is 0 Å². The topological polar surface area (TPSA) is 67.8 Å². The summed E-state index contributed by atoms with van der Waals surface area (Å²) in [4.78, 5) is 12.4. The average Bonchev–Trinajstić information content (AvgIpc) is 2.65. The van der Waals surface area contributed by atoms with Crippen LogP contribution >= 0.6 is 0 Å². The zero-order valence-corrected chi connectivity index (χ0v) is 14.1. The molecule has 5 heteroatoms. The molecule has 0 saturated carbocycles. The molecular formula is C20H23NO4. The zero-order valence-electron chi connectivity index (χ0n) is 14.1. The van der Waals surface area contributed by atoms with Gasteiger partial charge in [-0.05, 0) is 30.2 Å². The molecular weight excluding hydrogens is 318 g/mol. The van der Waals surface area contributed by atoms with E-state index in [2.05, 4.69) is 17.4 Å². The Labute approximate surface area is 147 Å². The number of carbonyl (C=O) groups is 1. The molecule has 5 nitrogen and oxygen atoms in total. The minimum atomic E-state index is -0.664. The fourth-order valence-corrected chi connectivity index (χ4v) is 2.80. The minimum Gasteiger partial charge on any atom is -0.493 e. The van der Waals surface area contributed by atoms with E-state index in [4.69, 9.17) is 9.47 Å². The predicted octanol–water partition coefficient (Wildman–Crippen LogP) is 2.19. The van der Waals surface area contributed by atoms with Crippen LogP contribution in [0.4, 0.5) is 0 Å². The third-order valence-corrected chi connectivity index (χ3v) is 4.24. The van der Waals surface area contributed by atoms with E-state index in [-0.39, 0.29) is 18.6 Å². The molecule has 0 bridgehead atoms. The maximum Gasteiger partial charge on any atom is 0.251 e. The third kappa shape index (κ3) is 5.05. The van der Waals surface area contributed by atoms with Crippen molar-refractivity contribution in [2.45, 2.75) is 25.0 Å². The average molecular weight is 341 g/mol. The van der Waals surface area contributed by atoms with Crippen molar-refractivity contribution in [3.05, 3.63) is 65.7 Å². The van der Waals surface area contributed by atoms with Gasteiger partial charge in [0.2, 0.25) is 0 Å². The van der Waals surface area contributed by atoms with Crippen molar-refractivity contribution in [3.8, 4) is 5.75 Å². The van der Waals surface area contributed by atoms with Crippen molar-refractivity contribution in [1.82, 2.24) is 5.32 Å². The standard InChI is InChI=1S/C20H23NO4/c22-19-14-24-11-10-18(19)21-20(23)16-7-4-8-17(13-16)25-12-9-15-5-2-1-3-6-15/h1-8,13,18-19,22H,9-12,14H2,(H,21,23)/t18-,19-/m1/s1. The molecule has 3 rings (SSSR count). The van der Waals surface area contributed by atoms with Crippen LogP contribution in [-0.4, -0.2) is 43.0 Å². The van der Waals surface area contributed by atoms with Gasteiger partial charge in [-0.1, -0.05) is 36.4 Å². The van der Waals surface area contributed by atoms with Crippen LogP contribution in [0.5, 0.6) is 5.75 Å². The Bertz CT molecular complexity index is 689. The Morgan fingerprint density at radius 1 is 1.20 bits per heavy atom. The van der Waals surface area contributed by atoms with Gasteiger partial charge in [0.25, 0.3) is 5.91 Å². The lowest BCUT2D eigenvalue weighted by atomic mass is 10.1. The molecule has 2 N–H and O–H groups in total. The summed E-state index contributed by atoms with van der Waals surface area (Å²) in [6, 6.07) is 17.0. The first-order chi connectivity index (χ1) is 12.2. The smallest absolute Gasteiger partial charge is 0.251 e. The molecule has 0 radical (unpaired) electrons. The number of benzene rings is 2. The maximum absolute atomic E-state index is 12.4. The van der Waals surface area contributed by atoms with Crippen molar-refractivity contribution >= 4 is 5.91 Å². The molecule has 1 heterocycles. The number of carbonyl (C=O) groups excluding carboxylic acids is 1. The fourth-order valence-electron chi connectivity index (χ4n) is 2.80. The molecule has 0 aliphatic carbocycles. The summed E-state index contributed by atoms with van der Waals surface area (Å²) >= 11 is 0. The summed E-state index contributed by atoms with van der Waals surface area (Å²) in [5.74, 6) is 0.454. The Hall–Kier alpha value is -2.37. The van der Waals surface area contributed by atoms with Crippen molar-refractivity contribution in [2.24, 2.45) is 0 Å². The van der Waals surface area contributed by atoms with Gasteiger partial charge in [-0.15, -0.1) is 0 Å². The summed E-state index contributed by atoms with van der Waals surface area (Å²) in [5.41, 5.74) is 1.74. The van der Waals surface area contributed by atoms with Crippen LogP contribution in [0.15, 0.2) is 54.6 Å². The van der Waals surface area contributed by atoms with E-state index >= 15 is 0 Å². The normalized spacial score (nSPS) is 20.0. The molecule has 1 amide bonds. The second kappa shape index (κ2) is 8.65. The molecule has 1 saturated heterocycles. The summed E-state index contributed by atoms with van der Waals surface area (Å²) in [6.07, 6.45) is 0.758. The molecule has 2 aromatic carbocycles. The highest BCUT2D eigenvalue weighted by Crippen LogP contribution is 2.15. The first kappa shape index (κ1) is 17.5. The highest BCUT2D eigenvalue weighted by Gasteiger charge is 2.25. The predicted molar refractivity (Wildman–Crippen MR) is 94.8 cm³/mol. The number of hydrogen-bond donors (Lipinski definition) is 2. The van der Waals surface area contributed by atoms with E-state index in [9.17, 15) is 9.90 Å². The second-order valence-corrected chi connectivity index (χ2v) is 6.12. The molecule has 1 aliphatic heterocycles. The Morgan fingerprint density at radius 2 is 2.04 bits per heavy atom. The highest BCUT2D eigenvalue weighted by molar-refractivity contribution is 5.94. The van der Waals surface area contributed by atoms with Gasteiger partial charge < -0.3 is 19.9 Å². The van der Waals surface area contributed by atoms with Crippen LogP contribution in [0.3, 0.4) is 0 Å². The van der Waals surface area contributed by atoms with Gasteiger partial charge in [-0.2, -0.15) is 0 Å². The van der Waals surface area contributed by atoms with Crippen molar-refractivity contribution in [1.29, 1.82) is 0 Å². The first-order valence-electron chi connectivity index (χ1n) is 8.56. The number of aliphatic hydroxyl groups is 1. The van der Waals surface area contributed by atoms with Crippen molar-refractivity contribution in [2.75, 3.05) is 19.8 Å². The van der Waals surface area contributed by atoms with E-state index in [1.807, 2.05) is 24.3 Å². The number of amides is 1. The minimum absolute atomic E-state index is 0.209. The van der Waals surface area contributed by atoms with Gasteiger partial charge >= 0.3 is 0 Å². The first-order valence-corrected chi connectivity index (χ1v) is 8.56. The van der Waals surface area contributed by atoms with Gasteiger partial charge in [-0.25, -0.2) is 0 Å². The summed E-state index contributed by atoms with van der Waals surface area (Å²) in [5, 5.41) is 12.7. The number of rotatable bonds is 6. The third-order valence-electron chi connectivity index (χ3n) is 4.24. The second-order valence-electron chi connectivity index (χ2n) is 6.12. The lowest BCUT2D eigenvalue weighted by Gasteiger charge is -2.28. The van der Waals surface area contributed by atoms with E-state index < -0.39 is 6.10 Å². The van der Waals surface area contributed by atoms with Gasteiger partial charge in [0.05, 0.1) is 25.4 Å². The fraction of sp³-hybridized carbons (Fsp3) is 0.350. The van der Waals surface area contributed by atoms with E-state index in [0.29, 0.717) is 30.9 Å². The maximum atomic E-state index is 12.4. The number of hydrogen-bond acceptors (Lipinski definition) is 4. The van der Waals surface area contributed by atoms with Gasteiger partial charge in [-0.3, -0.25) is 4.79 Å². The molecule has 0 spiro atoms. The SMILES string of the molecule is O=C(N[C@@H]1CCOC[C@H]1O)c1cccc(OCCc2ccccc2)c1. The molecule has 2 atom stereocenters. The Morgan fingerprint density at radius 3 is 2.84 bits per heavy atom. The summed E-state index contributed by atoms with van der Waals surface area (Å²) in [7, 11) is 0. The summed E-state index contributed by atoms with van der Waals surface area (Å²) < 4.78 is 10.9. The molecule has 25 heavy (non-hydrogen) atoms. The van der Waals surface area contributed by atoms with Crippen LogP contribution in [0.1, 0.15) is 22.3 Å². The van der Waals surface area contributed by atoms with E-state index in [1.54, 1.807) is 18.2 Å². The van der Waals surface area contributed by atoms with Crippen molar-refractivity contribution in [3.63, 3.8) is 0 Å². The van der Waals surface area contributed by atoms with Crippen LogP contribution in [0, 0.1) is 0 Å². The molecule has 1 aliphatic rings. The highest BCUT2D eigenvalue weighted by atomic mass is 16.5. The van der Waals surface area contributed by atoms with E-state index in [0.717, 1.165) is 6.42 Å². The number of nitrogens with one attached hydrogen (secondary N) is 1. The molecule has 132 valence electrons. The molecule has 2 aromatic rings. The van der Waals surface area contributed by atoms with Gasteiger partial charge in [0.1, 0.15) is 5.75 Å². The molecule has 0 unspecified atom stereocenters. The lowest BCUT2D eigenvalue weighted by Crippen LogP contribution is -2.48. The number of aliphatic hydroxyl groups excluding tert-OH is 1. The molecule has 0 aromatic heterocycles. The van der Waals surface area contributed by atoms with Gasteiger partial charge in [0, 0.05) is 18.6 Å². The van der Waals surface area contributed by atoms with Crippen molar-refractivity contribution < 1.29 is 19.4 Å². The Kier molecular flexibility index (Phi) is 6.04.